The zero-order valence-corrected chi connectivity index (χ0v) is 14.5. The van der Waals surface area contributed by atoms with E-state index in [9.17, 15) is 0 Å². The lowest BCUT2D eigenvalue weighted by Crippen LogP contribution is -2.34. The molecule has 0 saturated carbocycles. The SMILES string of the molecule is c1coc(CCCN2CCC(c3nnc4n3CCCCC4)CC2)c1. The number of aromatic nitrogens is 3. The van der Waals surface area contributed by atoms with Gasteiger partial charge >= 0.3 is 0 Å². The summed E-state index contributed by atoms with van der Waals surface area (Å²) in [6, 6.07) is 4.05. The molecule has 4 rings (SSSR count). The smallest absolute Gasteiger partial charge is 0.136 e. The van der Waals surface area contributed by atoms with Crippen LogP contribution in [0.15, 0.2) is 22.8 Å². The van der Waals surface area contributed by atoms with Crippen molar-refractivity contribution in [3.05, 3.63) is 35.8 Å². The highest BCUT2D eigenvalue weighted by atomic mass is 16.3. The topological polar surface area (TPSA) is 47.1 Å². The van der Waals surface area contributed by atoms with Crippen LogP contribution in [0.25, 0.3) is 0 Å². The van der Waals surface area contributed by atoms with Crippen LogP contribution in [0, 0.1) is 0 Å². The van der Waals surface area contributed by atoms with Gasteiger partial charge in [-0.15, -0.1) is 10.2 Å². The minimum absolute atomic E-state index is 0.602. The molecule has 5 nitrogen and oxygen atoms in total. The summed E-state index contributed by atoms with van der Waals surface area (Å²) in [6.45, 7) is 4.67. The first kappa shape index (κ1) is 15.9. The van der Waals surface area contributed by atoms with Crippen molar-refractivity contribution in [3.8, 4) is 0 Å². The number of likely N-dealkylation sites (tertiary alicyclic amines) is 1. The van der Waals surface area contributed by atoms with Crippen LogP contribution >= 0.6 is 0 Å². The first-order valence-electron chi connectivity index (χ1n) is 9.57. The third-order valence-electron chi connectivity index (χ3n) is 5.57. The molecule has 0 aliphatic carbocycles. The van der Waals surface area contributed by atoms with E-state index < -0.39 is 0 Å². The highest BCUT2D eigenvalue weighted by Crippen LogP contribution is 2.29. The quantitative estimate of drug-likeness (QED) is 0.844. The number of piperidine rings is 1. The number of rotatable bonds is 5. The number of aryl methyl sites for hydroxylation is 2. The maximum absolute atomic E-state index is 5.42. The molecule has 0 spiro atoms. The molecule has 0 radical (unpaired) electrons. The largest absolute Gasteiger partial charge is 0.469 e. The van der Waals surface area contributed by atoms with Crippen LogP contribution in [0.5, 0.6) is 0 Å². The summed E-state index contributed by atoms with van der Waals surface area (Å²) in [6.07, 6.45) is 11.4. The van der Waals surface area contributed by atoms with E-state index in [0.29, 0.717) is 5.92 Å². The normalized spacial score (nSPS) is 20.0. The molecule has 130 valence electrons. The minimum Gasteiger partial charge on any atom is -0.469 e. The molecule has 1 saturated heterocycles. The number of hydrogen-bond donors (Lipinski definition) is 0. The van der Waals surface area contributed by atoms with Crippen molar-refractivity contribution in [2.75, 3.05) is 19.6 Å². The molecule has 0 amide bonds. The van der Waals surface area contributed by atoms with Gasteiger partial charge in [0.25, 0.3) is 0 Å². The van der Waals surface area contributed by atoms with Gasteiger partial charge in [0.1, 0.15) is 17.4 Å². The first-order chi connectivity index (χ1) is 11.9. The molecule has 0 aromatic carbocycles. The van der Waals surface area contributed by atoms with Crippen molar-refractivity contribution >= 4 is 0 Å². The fraction of sp³-hybridized carbons (Fsp3) is 0.684. The minimum atomic E-state index is 0.602. The lowest BCUT2D eigenvalue weighted by Gasteiger charge is -2.31. The fourth-order valence-corrected chi connectivity index (χ4v) is 4.16. The molecule has 4 heterocycles. The predicted molar refractivity (Wildman–Crippen MR) is 93.0 cm³/mol. The van der Waals surface area contributed by atoms with Crippen molar-refractivity contribution in [2.24, 2.45) is 0 Å². The summed E-state index contributed by atoms with van der Waals surface area (Å²) in [4.78, 5) is 2.60. The molecule has 2 aliphatic rings. The van der Waals surface area contributed by atoms with Gasteiger partial charge in [-0.3, -0.25) is 0 Å². The van der Waals surface area contributed by atoms with E-state index in [1.807, 2.05) is 6.07 Å². The Morgan fingerprint density at radius 3 is 2.83 bits per heavy atom. The summed E-state index contributed by atoms with van der Waals surface area (Å²) >= 11 is 0. The number of nitrogens with zero attached hydrogens (tertiary/aromatic N) is 4. The van der Waals surface area contributed by atoms with Gasteiger partial charge in [-0.25, -0.2) is 0 Å². The zero-order valence-electron chi connectivity index (χ0n) is 14.5. The van der Waals surface area contributed by atoms with E-state index in [1.54, 1.807) is 6.26 Å². The average Bonchev–Trinajstić information content (AvgIpc) is 3.21. The van der Waals surface area contributed by atoms with Gasteiger partial charge in [-0.2, -0.15) is 0 Å². The van der Waals surface area contributed by atoms with Crippen LogP contribution in [-0.2, 0) is 19.4 Å². The molecule has 0 N–H and O–H groups in total. The Morgan fingerprint density at radius 1 is 1.08 bits per heavy atom. The van der Waals surface area contributed by atoms with E-state index in [-0.39, 0.29) is 0 Å². The molecule has 2 aliphatic heterocycles. The molecule has 0 atom stereocenters. The first-order valence-corrected chi connectivity index (χ1v) is 9.57. The fourth-order valence-electron chi connectivity index (χ4n) is 4.16. The molecular formula is C19H28N4O. The van der Waals surface area contributed by atoms with Crippen molar-refractivity contribution in [2.45, 2.75) is 63.8 Å². The molecular weight excluding hydrogens is 300 g/mol. The van der Waals surface area contributed by atoms with Crippen LogP contribution in [-0.4, -0.2) is 39.3 Å². The van der Waals surface area contributed by atoms with Crippen LogP contribution in [0.3, 0.4) is 0 Å². The Morgan fingerprint density at radius 2 is 2.00 bits per heavy atom. The lowest BCUT2D eigenvalue weighted by molar-refractivity contribution is 0.204. The lowest BCUT2D eigenvalue weighted by atomic mass is 9.95. The summed E-state index contributed by atoms with van der Waals surface area (Å²) < 4.78 is 7.85. The monoisotopic (exact) mass is 328 g/mol. The number of furan rings is 1. The van der Waals surface area contributed by atoms with Gasteiger partial charge in [0.2, 0.25) is 0 Å². The zero-order chi connectivity index (χ0) is 16.2. The number of hydrogen-bond acceptors (Lipinski definition) is 4. The molecule has 5 heteroatoms. The number of fused-ring (bicyclic) bond motifs is 1. The molecule has 0 bridgehead atoms. The molecule has 0 unspecified atom stereocenters. The second-order valence-corrected chi connectivity index (χ2v) is 7.24. The highest BCUT2D eigenvalue weighted by molar-refractivity contribution is 5.05. The second kappa shape index (κ2) is 7.51. The van der Waals surface area contributed by atoms with E-state index in [0.717, 1.165) is 25.1 Å². The van der Waals surface area contributed by atoms with Gasteiger partial charge in [0.15, 0.2) is 0 Å². The molecule has 24 heavy (non-hydrogen) atoms. The van der Waals surface area contributed by atoms with Crippen LogP contribution < -0.4 is 0 Å². The van der Waals surface area contributed by atoms with Crippen LogP contribution in [0.1, 0.15) is 61.9 Å². The van der Waals surface area contributed by atoms with Gasteiger partial charge in [-0.1, -0.05) is 6.42 Å². The van der Waals surface area contributed by atoms with E-state index in [2.05, 4.69) is 25.7 Å². The predicted octanol–water partition coefficient (Wildman–Crippen LogP) is 3.41. The van der Waals surface area contributed by atoms with Gasteiger partial charge in [-0.05, 0) is 63.9 Å². The Labute approximate surface area is 144 Å². The Bertz CT molecular complexity index is 626. The summed E-state index contributed by atoms with van der Waals surface area (Å²) in [5, 5.41) is 9.04. The van der Waals surface area contributed by atoms with E-state index in [4.69, 9.17) is 4.42 Å². The third kappa shape index (κ3) is 3.56. The summed E-state index contributed by atoms with van der Waals surface area (Å²) in [5.74, 6) is 4.20. The van der Waals surface area contributed by atoms with Crippen molar-refractivity contribution in [1.29, 1.82) is 0 Å². The third-order valence-corrected chi connectivity index (χ3v) is 5.57. The Balaban J connectivity index is 1.28. The Kier molecular flexibility index (Phi) is 4.97. The standard InChI is InChI=1S/C19H28N4O/c1-2-8-18-20-21-19(23(18)12-3-1)16-9-13-22(14-10-16)11-4-6-17-7-5-15-24-17/h5,7,15-16H,1-4,6,8-14H2. The van der Waals surface area contributed by atoms with Crippen LogP contribution in [0.4, 0.5) is 0 Å². The average molecular weight is 328 g/mol. The van der Waals surface area contributed by atoms with E-state index >= 15 is 0 Å². The molecule has 2 aromatic rings. The maximum atomic E-state index is 5.42. The van der Waals surface area contributed by atoms with Crippen molar-refractivity contribution < 1.29 is 4.42 Å². The summed E-state index contributed by atoms with van der Waals surface area (Å²) in [5.41, 5.74) is 0. The molecule has 2 aromatic heterocycles. The Hall–Kier alpha value is -1.62. The van der Waals surface area contributed by atoms with Gasteiger partial charge in [0.05, 0.1) is 6.26 Å². The van der Waals surface area contributed by atoms with Gasteiger partial charge in [0, 0.05) is 25.3 Å². The molecule has 1 fully saturated rings. The van der Waals surface area contributed by atoms with E-state index in [1.165, 1.54) is 69.8 Å². The van der Waals surface area contributed by atoms with Crippen molar-refractivity contribution in [1.82, 2.24) is 19.7 Å². The second-order valence-electron chi connectivity index (χ2n) is 7.24. The summed E-state index contributed by atoms with van der Waals surface area (Å²) in [7, 11) is 0. The highest BCUT2D eigenvalue weighted by Gasteiger charge is 2.26. The van der Waals surface area contributed by atoms with Gasteiger partial charge < -0.3 is 13.9 Å². The van der Waals surface area contributed by atoms with Crippen LogP contribution in [0.2, 0.25) is 0 Å². The van der Waals surface area contributed by atoms with Crippen molar-refractivity contribution in [3.63, 3.8) is 0 Å². The maximum Gasteiger partial charge on any atom is 0.136 e.